The van der Waals surface area contributed by atoms with E-state index in [-0.39, 0.29) is 11.3 Å². The first-order chi connectivity index (χ1) is 14.7. The van der Waals surface area contributed by atoms with Gasteiger partial charge in [-0.3, -0.25) is 14.4 Å². The minimum atomic E-state index is -4.02. The molecule has 0 bridgehead atoms. The summed E-state index contributed by atoms with van der Waals surface area (Å²) in [5.74, 6) is -3.78. The van der Waals surface area contributed by atoms with E-state index in [1.165, 1.54) is 16.6 Å². The molecule has 0 radical (unpaired) electrons. The number of halogens is 1. The minimum Gasteiger partial charge on any atom is -0.468 e. The number of amides is 2. The maximum atomic E-state index is 12.4. The Morgan fingerprint density at radius 3 is 2.61 bits per heavy atom. The Balaban J connectivity index is 1.83. The van der Waals surface area contributed by atoms with Crippen molar-refractivity contribution in [3.63, 3.8) is 0 Å². The lowest BCUT2D eigenvalue weighted by Gasteiger charge is -2.26. The average Bonchev–Trinajstić information content (AvgIpc) is 3.03. The average molecular weight is 490 g/mol. The molecule has 0 atom stereocenters. The van der Waals surface area contributed by atoms with Crippen LogP contribution in [-0.2, 0) is 40.2 Å². The Labute approximate surface area is 186 Å². The number of hydrogen-bond acceptors (Lipinski definition) is 8. The number of methoxy groups -OCH3 is 1. The number of aromatic nitrogens is 1. The van der Waals surface area contributed by atoms with Crippen LogP contribution in [0.1, 0.15) is 0 Å². The molecule has 2 amide bonds. The molecule has 1 fully saturated rings. The lowest BCUT2D eigenvalue weighted by molar-refractivity contribution is -0.141. The Kier molecular flexibility index (Phi) is 7.46. The Morgan fingerprint density at radius 2 is 1.94 bits per heavy atom. The summed E-state index contributed by atoms with van der Waals surface area (Å²) in [4.78, 5) is 41.8. The Hall–Kier alpha value is -2.28. The number of thiazole rings is 1. The van der Waals surface area contributed by atoms with Crippen LogP contribution in [0.5, 0.6) is 0 Å². The predicted octanol–water partition coefficient (Wildman–Crippen LogP) is 0.230. The number of fused-ring (bicyclic) bond motifs is 1. The topological polar surface area (TPSA) is 124 Å². The summed E-state index contributed by atoms with van der Waals surface area (Å²) in [6.07, 6.45) is 0. The molecule has 2 heterocycles. The quantitative estimate of drug-likeness (QED) is 0.532. The van der Waals surface area contributed by atoms with Crippen molar-refractivity contribution in [3.8, 4) is 0 Å². The molecule has 0 saturated carbocycles. The van der Waals surface area contributed by atoms with Gasteiger partial charge in [-0.1, -0.05) is 22.9 Å². The third kappa shape index (κ3) is 6.12. The van der Waals surface area contributed by atoms with Gasteiger partial charge in [-0.05, 0) is 18.2 Å². The molecule has 0 unspecified atom stereocenters. The standard InChI is InChI=1S/C18H20ClN3O7S2/c1-28-17(25)9-22-13-3-2-12(19)8-14(13)30-18(22)20-15(23)10-31(26,27)11-16(24)21-4-6-29-7-5-21/h2-3,8H,4-7,9-11H2,1H3. The van der Waals surface area contributed by atoms with E-state index in [1.54, 1.807) is 18.2 Å². The van der Waals surface area contributed by atoms with Crippen molar-refractivity contribution in [1.29, 1.82) is 0 Å². The second-order valence-electron chi connectivity index (χ2n) is 6.69. The van der Waals surface area contributed by atoms with E-state index in [2.05, 4.69) is 9.73 Å². The van der Waals surface area contributed by atoms with Crippen molar-refractivity contribution >= 4 is 60.8 Å². The summed E-state index contributed by atoms with van der Waals surface area (Å²) in [6, 6.07) is 4.94. The number of carbonyl (C=O) groups excluding carboxylic acids is 3. The fourth-order valence-electron chi connectivity index (χ4n) is 2.95. The zero-order valence-electron chi connectivity index (χ0n) is 16.6. The Bertz CT molecular complexity index is 1180. The van der Waals surface area contributed by atoms with Crippen molar-refractivity contribution in [2.75, 3.05) is 44.9 Å². The highest BCUT2D eigenvalue weighted by molar-refractivity contribution is 7.92. The molecule has 31 heavy (non-hydrogen) atoms. The molecular weight excluding hydrogens is 470 g/mol. The SMILES string of the molecule is COC(=O)Cn1c(=NC(=O)CS(=O)(=O)CC(=O)N2CCOCC2)sc2cc(Cl)ccc21. The summed E-state index contributed by atoms with van der Waals surface area (Å²) < 4.78 is 36.6. The molecule has 13 heteroatoms. The van der Waals surface area contributed by atoms with Gasteiger partial charge in [0, 0.05) is 18.1 Å². The molecule has 1 saturated heterocycles. The molecule has 1 aromatic heterocycles. The van der Waals surface area contributed by atoms with Gasteiger partial charge in [0.05, 0.1) is 30.5 Å². The summed E-state index contributed by atoms with van der Waals surface area (Å²) in [6.45, 7) is 1.09. The van der Waals surface area contributed by atoms with Crippen molar-refractivity contribution in [3.05, 3.63) is 28.0 Å². The first kappa shape index (κ1) is 23.4. The molecule has 1 aliphatic rings. The van der Waals surface area contributed by atoms with Crippen LogP contribution in [0.2, 0.25) is 5.02 Å². The number of rotatable bonds is 6. The number of morpholine rings is 1. The van der Waals surface area contributed by atoms with Crippen molar-refractivity contribution in [2.24, 2.45) is 4.99 Å². The third-order valence-electron chi connectivity index (χ3n) is 4.43. The number of sulfone groups is 1. The van der Waals surface area contributed by atoms with Crippen molar-refractivity contribution in [1.82, 2.24) is 9.47 Å². The van der Waals surface area contributed by atoms with Crippen LogP contribution in [0, 0.1) is 0 Å². The molecule has 0 aliphatic carbocycles. The van der Waals surface area contributed by atoms with Crippen LogP contribution in [0.3, 0.4) is 0 Å². The number of hydrogen-bond donors (Lipinski definition) is 0. The van der Waals surface area contributed by atoms with E-state index < -0.39 is 39.1 Å². The molecule has 10 nitrogen and oxygen atoms in total. The predicted molar refractivity (Wildman–Crippen MR) is 113 cm³/mol. The summed E-state index contributed by atoms with van der Waals surface area (Å²) in [5, 5.41) is 0.459. The number of ether oxygens (including phenoxy) is 2. The first-order valence-corrected chi connectivity index (χ1v) is 12.2. The molecular formula is C18H20ClN3O7S2. The van der Waals surface area contributed by atoms with Gasteiger partial charge in [-0.25, -0.2) is 8.42 Å². The van der Waals surface area contributed by atoms with Gasteiger partial charge in [0.2, 0.25) is 5.91 Å². The molecule has 168 valence electrons. The molecule has 2 aromatic rings. The van der Waals surface area contributed by atoms with Gasteiger partial charge < -0.3 is 18.9 Å². The van der Waals surface area contributed by atoms with Crippen LogP contribution < -0.4 is 4.80 Å². The largest absolute Gasteiger partial charge is 0.468 e. The second kappa shape index (κ2) is 9.90. The van der Waals surface area contributed by atoms with Crippen LogP contribution in [0.4, 0.5) is 0 Å². The van der Waals surface area contributed by atoms with E-state index in [0.29, 0.717) is 41.5 Å². The van der Waals surface area contributed by atoms with E-state index in [4.69, 9.17) is 16.3 Å². The molecule has 1 aliphatic heterocycles. The lowest BCUT2D eigenvalue weighted by Crippen LogP contribution is -2.43. The normalized spacial score (nSPS) is 15.3. The second-order valence-corrected chi connectivity index (χ2v) is 10.2. The van der Waals surface area contributed by atoms with E-state index >= 15 is 0 Å². The van der Waals surface area contributed by atoms with E-state index in [1.807, 2.05) is 0 Å². The zero-order chi connectivity index (χ0) is 22.6. The van der Waals surface area contributed by atoms with Gasteiger partial charge >= 0.3 is 5.97 Å². The molecule has 0 spiro atoms. The van der Waals surface area contributed by atoms with Crippen molar-refractivity contribution in [2.45, 2.75) is 6.54 Å². The highest BCUT2D eigenvalue weighted by Crippen LogP contribution is 2.22. The van der Waals surface area contributed by atoms with Gasteiger partial charge in [0.15, 0.2) is 14.6 Å². The fourth-order valence-corrected chi connectivity index (χ4v) is 5.37. The lowest BCUT2D eigenvalue weighted by atomic mass is 10.3. The van der Waals surface area contributed by atoms with Crippen LogP contribution in [-0.4, -0.2) is 80.6 Å². The minimum absolute atomic E-state index is 0.127. The van der Waals surface area contributed by atoms with Gasteiger partial charge in [-0.2, -0.15) is 4.99 Å². The number of nitrogens with zero attached hydrogens (tertiary/aromatic N) is 3. The zero-order valence-corrected chi connectivity index (χ0v) is 19.0. The Morgan fingerprint density at radius 1 is 1.23 bits per heavy atom. The van der Waals surface area contributed by atoms with Crippen LogP contribution in [0.25, 0.3) is 10.2 Å². The smallest absolute Gasteiger partial charge is 0.325 e. The monoisotopic (exact) mass is 489 g/mol. The van der Waals surface area contributed by atoms with Crippen molar-refractivity contribution < 1.29 is 32.3 Å². The highest BCUT2D eigenvalue weighted by Gasteiger charge is 2.25. The molecule has 1 aromatic carbocycles. The fraction of sp³-hybridized carbons (Fsp3) is 0.444. The molecule has 0 N–H and O–H groups in total. The number of benzene rings is 1. The van der Waals surface area contributed by atoms with Crippen LogP contribution >= 0.6 is 22.9 Å². The van der Waals surface area contributed by atoms with Gasteiger partial charge in [0.1, 0.15) is 18.1 Å². The van der Waals surface area contributed by atoms with Crippen LogP contribution in [0.15, 0.2) is 23.2 Å². The van der Waals surface area contributed by atoms with Gasteiger partial charge in [-0.15, -0.1) is 0 Å². The maximum Gasteiger partial charge on any atom is 0.325 e. The van der Waals surface area contributed by atoms with Gasteiger partial charge in [0.25, 0.3) is 5.91 Å². The number of carbonyl (C=O) groups is 3. The highest BCUT2D eigenvalue weighted by atomic mass is 35.5. The first-order valence-electron chi connectivity index (χ1n) is 9.18. The van der Waals surface area contributed by atoms with E-state index in [0.717, 1.165) is 11.3 Å². The maximum absolute atomic E-state index is 12.4. The summed E-state index contributed by atoms with van der Waals surface area (Å²) >= 11 is 7.08. The summed E-state index contributed by atoms with van der Waals surface area (Å²) in [5.41, 5.74) is 0.594. The molecule has 3 rings (SSSR count). The third-order valence-corrected chi connectivity index (χ3v) is 7.08. The van der Waals surface area contributed by atoms with E-state index in [9.17, 15) is 22.8 Å². The number of esters is 1. The summed E-state index contributed by atoms with van der Waals surface area (Å²) in [7, 11) is -2.79.